The fourth-order valence-corrected chi connectivity index (χ4v) is 4.32. The van der Waals surface area contributed by atoms with Crippen LogP contribution in [0.2, 0.25) is 0 Å². The second-order valence-electron chi connectivity index (χ2n) is 7.15. The number of amides is 1. The molecule has 6 nitrogen and oxygen atoms in total. The number of aryl methyl sites for hydroxylation is 1. The number of carbonyl (C=O) groups excluding carboxylic acids is 1. The fraction of sp³-hybridized carbons (Fsp3) is 0.381. The van der Waals surface area contributed by atoms with Gasteiger partial charge in [0.15, 0.2) is 0 Å². The second-order valence-corrected chi connectivity index (χ2v) is 8.87. The molecule has 0 saturated heterocycles. The summed E-state index contributed by atoms with van der Waals surface area (Å²) in [6, 6.07) is 9.61. The van der Waals surface area contributed by atoms with Crippen LogP contribution in [0, 0.1) is 6.92 Å². The number of rotatable bonds is 7. The average molecular weight is 405 g/mol. The molecule has 1 unspecified atom stereocenters. The van der Waals surface area contributed by atoms with Crippen molar-refractivity contribution in [1.82, 2.24) is 4.72 Å². The molecule has 1 amide bonds. The molecule has 7 heteroatoms. The summed E-state index contributed by atoms with van der Waals surface area (Å²) >= 11 is 0. The molecular weight excluding hydrogens is 376 g/mol. The van der Waals surface area contributed by atoms with Gasteiger partial charge in [-0.05, 0) is 72.9 Å². The second kappa shape index (κ2) is 8.75. The van der Waals surface area contributed by atoms with Gasteiger partial charge in [-0.25, -0.2) is 13.1 Å². The van der Waals surface area contributed by atoms with Gasteiger partial charge < -0.3 is 10.1 Å². The summed E-state index contributed by atoms with van der Waals surface area (Å²) in [5.74, 6) is 0.845. The van der Waals surface area contributed by atoms with E-state index in [0.29, 0.717) is 5.69 Å². The molecule has 0 aliphatic heterocycles. The lowest BCUT2D eigenvalue weighted by Gasteiger charge is -2.21. The van der Waals surface area contributed by atoms with Crippen molar-refractivity contribution < 1.29 is 17.9 Å². The van der Waals surface area contributed by atoms with Crippen molar-refractivity contribution in [2.24, 2.45) is 0 Å². The zero-order valence-corrected chi connectivity index (χ0v) is 18.0. The third-order valence-corrected chi connectivity index (χ3v) is 6.08. The monoisotopic (exact) mass is 404 g/mol. The molecule has 0 aromatic heterocycles. The highest BCUT2D eigenvalue weighted by Gasteiger charge is 2.21. The molecule has 0 heterocycles. The summed E-state index contributed by atoms with van der Waals surface area (Å²) in [5.41, 5.74) is 3.45. The number of sulfonamides is 1. The molecule has 0 aliphatic carbocycles. The maximum absolute atomic E-state index is 12.8. The number of ether oxygens (including phenoxy) is 1. The lowest BCUT2D eigenvalue weighted by molar-refractivity contribution is -0.114. The molecule has 0 fully saturated rings. The molecule has 2 aromatic carbocycles. The van der Waals surface area contributed by atoms with Crippen molar-refractivity contribution in [3.05, 3.63) is 53.1 Å². The Morgan fingerprint density at radius 3 is 2.14 bits per heavy atom. The zero-order valence-electron chi connectivity index (χ0n) is 17.2. The molecule has 152 valence electrons. The summed E-state index contributed by atoms with van der Waals surface area (Å²) in [6.45, 7) is 9.30. The summed E-state index contributed by atoms with van der Waals surface area (Å²) in [5, 5.41) is 2.62. The van der Waals surface area contributed by atoms with Crippen molar-refractivity contribution in [2.75, 3.05) is 12.4 Å². The van der Waals surface area contributed by atoms with Gasteiger partial charge >= 0.3 is 0 Å². The standard InChI is InChI=1S/C21H28N2O4S/c1-13(2)19-12-20(14(3)11-21(19)27-6)15(4)23-28(25,26)18-9-7-17(8-10-18)22-16(5)24/h7-13,15,23H,1-6H3,(H,22,24). The molecule has 0 aliphatic rings. The van der Waals surface area contributed by atoms with Crippen LogP contribution in [0.3, 0.4) is 0 Å². The highest BCUT2D eigenvalue weighted by atomic mass is 32.2. The zero-order chi connectivity index (χ0) is 21.1. The van der Waals surface area contributed by atoms with Crippen molar-refractivity contribution >= 4 is 21.6 Å². The Hall–Kier alpha value is -2.38. The number of methoxy groups -OCH3 is 1. The lowest BCUT2D eigenvalue weighted by Crippen LogP contribution is -2.27. The first kappa shape index (κ1) is 21.9. The number of hydrogen-bond acceptors (Lipinski definition) is 4. The van der Waals surface area contributed by atoms with Crippen LogP contribution in [-0.4, -0.2) is 21.4 Å². The highest BCUT2D eigenvalue weighted by Crippen LogP contribution is 2.32. The van der Waals surface area contributed by atoms with Crippen LogP contribution in [0.15, 0.2) is 41.3 Å². The van der Waals surface area contributed by atoms with Gasteiger partial charge in [-0.15, -0.1) is 0 Å². The number of hydrogen-bond donors (Lipinski definition) is 2. The van der Waals surface area contributed by atoms with Crippen molar-refractivity contribution in [3.8, 4) is 5.75 Å². The van der Waals surface area contributed by atoms with Crippen LogP contribution < -0.4 is 14.8 Å². The average Bonchev–Trinajstić information content (AvgIpc) is 2.60. The number of anilines is 1. The van der Waals surface area contributed by atoms with Crippen LogP contribution in [0.25, 0.3) is 0 Å². The Kier molecular flexibility index (Phi) is 6.85. The first-order chi connectivity index (χ1) is 13.0. The summed E-state index contributed by atoms with van der Waals surface area (Å²) in [6.07, 6.45) is 0. The first-order valence-corrected chi connectivity index (χ1v) is 10.6. The van der Waals surface area contributed by atoms with Gasteiger partial charge in [-0.2, -0.15) is 0 Å². The van der Waals surface area contributed by atoms with E-state index in [1.165, 1.54) is 19.1 Å². The van der Waals surface area contributed by atoms with Gasteiger partial charge in [0.25, 0.3) is 0 Å². The van der Waals surface area contributed by atoms with Crippen LogP contribution in [-0.2, 0) is 14.8 Å². The Morgan fingerprint density at radius 2 is 1.64 bits per heavy atom. The summed E-state index contributed by atoms with van der Waals surface area (Å²) < 4.78 is 33.8. The molecular formula is C21H28N2O4S. The van der Waals surface area contributed by atoms with Gasteiger partial charge in [0.05, 0.1) is 12.0 Å². The number of carbonyl (C=O) groups is 1. The molecule has 0 spiro atoms. The lowest BCUT2D eigenvalue weighted by atomic mass is 9.94. The minimum absolute atomic E-state index is 0.142. The fourth-order valence-electron chi connectivity index (χ4n) is 3.10. The van der Waals surface area contributed by atoms with Crippen LogP contribution in [0.1, 0.15) is 56.3 Å². The van der Waals surface area contributed by atoms with Crippen molar-refractivity contribution in [2.45, 2.75) is 51.5 Å². The Morgan fingerprint density at radius 1 is 1.04 bits per heavy atom. The molecule has 2 N–H and O–H groups in total. The van der Waals surface area contributed by atoms with E-state index >= 15 is 0 Å². The third kappa shape index (κ3) is 5.11. The van der Waals surface area contributed by atoms with Gasteiger partial charge in [0, 0.05) is 18.7 Å². The van der Waals surface area contributed by atoms with Gasteiger partial charge in [0.2, 0.25) is 15.9 Å². The van der Waals surface area contributed by atoms with Crippen LogP contribution in [0.5, 0.6) is 5.75 Å². The molecule has 2 rings (SSSR count). The minimum atomic E-state index is -3.71. The first-order valence-electron chi connectivity index (χ1n) is 9.13. The van der Waals surface area contributed by atoms with Gasteiger partial charge in [-0.3, -0.25) is 4.79 Å². The Labute approximate surface area is 167 Å². The van der Waals surface area contributed by atoms with E-state index in [1.54, 1.807) is 19.2 Å². The SMILES string of the molecule is COc1cc(C)c(C(C)NS(=O)(=O)c2ccc(NC(C)=O)cc2)cc1C(C)C. The van der Waals surface area contributed by atoms with E-state index in [4.69, 9.17) is 4.74 Å². The van der Waals surface area contributed by atoms with Crippen molar-refractivity contribution in [3.63, 3.8) is 0 Å². The van der Waals surface area contributed by atoms with E-state index in [0.717, 1.165) is 22.4 Å². The highest BCUT2D eigenvalue weighted by molar-refractivity contribution is 7.89. The quantitative estimate of drug-likeness (QED) is 0.727. The largest absolute Gasteiger partial charge is 0.496 e. The minimum Gasteiger partial charge on any atom is -0.496 e. The van der Waals surface area contributed by atoms with Crippen molar-refractivity contribution in [1.29, 1.82) is 0 Å². The number of nitrogens with one attached hydrogen (secondary N) is 2. The molecule has 0 bridgehead atoms. The van der Waals surface area contributed by atoms with Crippen LogP contribution in [0.4, 0.5) is 5.69 Å². The predicted octanol–water partition coefficient (Wildman–Crippen LogP) is 4.12. The van der Waals surface area contributed by atoms with E-state index in [1.807, 2.05) is 26.0 Å². The van der Waals surface area contributed by atoms with E-state index < -0.39 is 16.1 Å². The summed E-state index contributed by atoms with van der Waals surface area (Å²) in [7, 11) is -2.08. The normalized spacial score (nSPS) is 12.7. The molecule has 28 heavy (non-hydrogen) atoms. The van der Waals surface area contributed by atoms with Gasteiger partial charge in [-0.1, -0.05) is 13.8 Å². The number of benzene rings is 2. The molecule has 0 radical (unpaired) electrons. The molecule has 0 saturated carbocycles. The maximum atomic E-state index is 12.8. The molecule has 1 atom stereocenters. The smallest absolute Gasteiger partial charge is 0.241 e. The van der Waals surface area contributed by atoms with Gasteiger partial charge in [0.1, 0.15) is 5.75 Å². The predicted molar refractivity (Wildman–Crippen MR) is 111 cm³/mol. The Bertz CT molecular complexity index is 951. The topological polar surface area (TPSA) is 84.5 Å². The third-order valence-electron chi connectivity index (χ3n) is 4.52. The molecule has 2 aromatic rings. The van der Waals surface area contributed by atoms with E-state index in [9.17, 15) is 13.2 Å². The van der Waals surface area contributed by atoms with Crippen LogP contribution >= 0.6 is 0 Å². The maximum Gasteiger partial charge on any atom is 0.241 e. The Balaban J connectivity index is 2.29. The van der Waals surface area contributed by atoms with E-state index in [-0.39, 0.29) is 16.7 Å². The van der Waals surface area contributed by atoms with E-state index in [2.05, 4.69) is 23.9 Å². The summed E-state index contributed by atoms with van der Waals surface area (Å²) in [4.78, 5) is 11.2.